The van der Waals surface area contributed by atoms with Gasteiger partial charge in [-0.2, -0.15) is 9.78 Å². The van der Waals surface area contributed by atoms with Gasteiger partial charge in [-0.3, -0.25) is 4.79 Å². The van der Waals surface area contributed by atoms with E-state index >= 15 is 0 Å². The third kappa shape index (κ3) is 4.41. The van der Waals surface area contributed by atoms with Crippen molar-refractivity contribution >= 4 is 17.4 Å². The van der Waals surface area contributed by atoms with E-state index in [1.54, 1.807) is 38.3 Å². The normalized spacial score (nSPS) is 11.3. The highest BCUT2D eigenvalue weighted by Crippen LogP contribution is 2.28. The molecule has 12 nitrogen and oxygen atoms in total. The molecule has 0 aliphatic rings. The predicted molar refractivity (Wildman–Crippen MR) is 123 cm³/mol. The van der Waals surface area contributed by atoms with E-state index in [9.17, 15) is 4.79 Å². The number of carbonyl (C=O) groups excluding carboxylic acids is 1. The first-order chi connectivity index (χ1) is 16.5. The molecule has 0 spiro atoms. The lowest BCUT2D eigenvalue weighted by Gasteiger charge is -2.09. The zero-order valence-electron chi connectivity index (χ0n) is 18.7. The summed E-state index contributed by atoms with van der Waals surface area (Å²) < 4.78 is 16.8. The van der Waals surface area contributed by atoms with Crippen LogP contribution in [0.3, 0.4) is 0 Å². The number of aromatic nitrogens is 5. The molecule has 2 heterocycles. The molecule has 0 saturated carbocycles. The summed E-state index contributed by atoms with van der Waals surface area (Å²) in [4.78, 5) is 13.1. The van der Waals surface area contributed by atoms with E-state index < -0.39 is 5.91 Å². The predicted octanol–water partition coefficient (Wildman–Crippen LogP) is 2.46. The highest BCUT2D eigenvalue weighted by atomic mass is 16.6. The van der Waals surface area contributed by atoms with Gasteiger partial charge in [0.2, 0.25) is 11.6 Å². The van der Waals surface area contributed by atoms with Gasteiger partial charge in [0.1, 0.15) is 17.2 Å². The maximum Gasteiger partial charge on any atom is 0.294 e. The highest BCUT2D eigenvalue weighted by molar-refractivity contribution is 6.03. The molecule has 4 rings (SSSR count). The molecule has 0 aliphatic carbocycles. The maximum absolute atomic E-state index is 13.1. The van der Waals surface area contributed by atoms with Gasteiger partial charge in [0.05, 0.1) is 19.4 Å². The number of carbonyl (C=O) groups is 1. The van der Waals surface area contributed by atoms with E-state index in [1.807, 2.05) is 31.2 Å². The molecule has 2 aromatic carbocycles. The number of para-hydroxylation sites is 1. The summed E-state index contributed by atoms with van der Waals surface area (Å²) >= 11 is 0. The first-order valence-electron chi connectivity index (χ1n) is 10.3. The largest absolute Gasteiger partial charge is 0.496 e. The Morgan fingerprint density at radius 2 is 1.94 bits per heavy atom. The number of hydrazone groups is 1. The molecule has 34 heavy (non-hydrogen) atoms. The summed E-state index contributed by atoms with van der Waals surface area (Å²) in [5.74, 6) is 0.821. The van der Waals surface area contributed by atoms with Crippen molar-refractivity contribution in [2.45, 2.75) is 13.8 Å². The number of anilines is 1. The minimum atomic E-state index is -0.584. The van der Waals surface area contributed by atoms with Crippen LogP contribution < -0.4 is 20.6 Å². The number of nitrogens with two attached hydrogens (primary N) is 1. The molecule has 0 bridgehead atoms. The van der Waals surface area contributed by atoms with Crippen LogP contribution in [0.2, 0.25) is 0 Å². The fourth-order valence-corrected chi connectivity index (χ4v) is 3.25. The van der Waals surface area contributed by atoms with Crippen LogP contribution in [0.4, 0.5) is 5.82 Å². The molecule has 2 aromatic heterocycles. The minimum absolute atomic E-state index is 0.00290. The van der Waals surface area contributed by atoms with Crippen molar-refractivity contribution < 1.29 is 18.9 Å². The number of hydrogen-bond acceptors (Lipinski definition) is 10. The molecule has 0 radical (unpaired) electrons. The highest BCUT2D eigenvalue weighted by Gasteiger charge is 2.25. The van der Waals surface area contributed by atoms with Gasteiger partial charge in [0, 0.05) is 11.1 Å². The second-order valence-corrected chi connectivity index (χ2v) is 6.97. The monoisotopic (exact) mass is 462 g/mol. The fraction of sp³-hybridized carbons (Fsp3) is 0.182. The van der Waals surface area contributed by atoms with Gasteiger partial charge >= 0.3 is 0 Å². The Hall–Kier alpha value is -4.74. The molecule has 0 saturated heterocycles. The molecule has 0 atom stereocenters. The van der Waals surface area contributed by atoms with Gasteiger partial charge in [-0.25, -0.2) is 10.1 Å². The first kappa shape index (κ1) is 22.5. The molecule has 12 heteroatoms. The lowest BCUT2D eigenvalue weighted by atomic mass is 10.1. The number of nitrogens with one attached hydrogen (secondary N) is 1. The van der Waals surface area contributed by atoms with Crippen molar-refractivity contribution in [2.75, 3.05) is 19.5 Å². The first-order valence-corrected chi connectivity index (χ1v) is 10.3. The Kier molecular flexibility index (Phi) is 6.48. The SMILES string of the molecule is CCOc1ccc(-c2c(C(=O)N/N=C(\C)c3ccccc3OC)nnn2-c2nonc2N)cc1. The minimum Gasteiger partial charge on any atom is -0.496 e. The number of ether oxygens (including phenoxy) is 2. The Labute approximate surface area is 194 Å². The van der Waals surface area contributed by atoms with Crippen molar-refractivity contribution in [1.29, 1.82) is 0 Å². The molecule has 174 valence electrons. The molecule has 1 amide bonds. The van der Waals surface area contributed by atoms with E-state index in [2.05, 4.69) is 31.2 Å². The molecule has 3 N–H and O–H groups in total. The number of methoxy groups -OCH3 is 1. The molecule has 0 unspecified atom stereocenters. The zero-order valence-corrected chi connectivity index (χ0v) is 18.7. The fourth-order valence-electron chi connectivity index (χ4n) is 3.25. The third-order valence-electron chi connectivity index (χ3n) is 4.84. The summed E-state index contributed by atoms with van der Waals surface area (Å²) in [6.45, 7) is 4.17. The van der Waals surface area contributed by atoms with Gasteiger partial charge in [0.15, 0.2) is 5.69 Å². The molecule has 0 fully saturated rings. The van der Waals surface area contributed by atoms with Gasteiger partial charge in [-0.1, -0.05) is 17.3 Å². The lowest BCUT2D eigenvalue weighted by molar-refractivity contribution is 0.0950. The average molecular weight is 462 g/mol. The van der Waals surface area contributed by atoms with Crippen LogP contribution in [0.25, 0.3) is 17.1 Å². The quantitative estimate of drug-likeness (QED) is 0.297. The Morgan fingerprint density at radius 1 is 1.18 bits per heavy atom. The van der Waals surface area contributed by atoms with E-state index in [0.29, 0.717) is 35.1 Å². The Morgan fingerprint density at radius 3 is 2.62 bits per heavy atom. The third-order valence-corrected chi connectivity index (χ3v) is 4.84. The molecular weight excluding hydrogens is 440 g/mol. The van der Waals surface area contributed by atoms with Crippen LogP contribution in [0.5, 0.6) is 11.5 Å². The summed E-state index contributed by atoms with van der Waals surface area (Å²) in [5, 5.41) is 19.7. The summed E-state index contributed by atoms with van der Waals surface area (Å²) in [6.07, 6.45) is 0. The van der Waals surface area contributed by atoms with Crippen molar-refractivity contribution in [1.82, 2.24) is 30.7 Å². The van der Waals surface area contributed by atoms with Crippen molar-refractivity contribution in [3.63, 3.8) is 0 Å². The van der Waals surface area contributed by atoms with E-state index in [1.165, 1.54) is 4.68 Å². The van der Waals surface area contributed by atoms with E-state index in [0.717, 1.165) is 5.56 Å². The lowest BCUT2D eigenvalue weighted by Crippen LogP contribution is -2.21. The molecule has 0 aliphatic heterocycles. The molecular formula is C22H22N8O4. The summed E-state index contributed by atoms with van der Waals surface area (Å²) in [5.41, 5.74) is 10.6. The van der Waals surface area contributed by atoms with Crippen molar-refractivity contribution in [2.24, 2.45) is 5.10 Å². The number of nitrogen functional groups attached to an aromatic ring is 1. The van der Waals surface area contributed by atoms with Crippen LogP contribution in [0.15, 0.2) is 58.3 Å². The Balaban J connectivity index is 1.71. The smallest absolute Gasteiger partial charge is 0.294 e. The maximum atomic E-state index is 13.1. The van der Waals surface area contributed by atoms with Crippen LogP contribution in [0, 0.1) is 0 Å². The van der Waals surface area contributed by atoms with Gasteiger partial charge < -0.3 is 15.2 Å². The van der Waals surface area contributed by atoms with Crippen molar-refractivity contribution in [3.8, 4) is 28.6 Å². The standard InChI is InChI=1S/C22H22N8O4/c1-4-33-15-11-9-14(10-12-15)19-18(25-29-30(19)21-20(23)27-34-28-21)22(31)26-24-13(2)16-7-5-6-8-17(16)32-3/h5-12H,4H2,1-3H3,(H2,23,27)(H,26,31)/b24-13+. The number of hydrogen-bond donors (Lipinski definition) is 2. The van der Waals surface area contributed by atoms with E-state index in [-0.39, 0.29) is 17.3 Å². The van der Waals surface area contributed by atoms with Crippen LogP contribution in [-0.2, 0) is 0 Å². The van der Waals surface area contributed by atoms with Crippen LogP contribution in [-0.4, -0.2) is 50.6 Å². The second kappa shape index (κ2) is 9.81. The number of nitrogens with zero attached hydrogens (tertiary/aromatic N) is 6. The summed E-state index contributed by atoms with van der Waals surface area (Å²) in [6, 6.07) is 14.4. The zero-order chi connectivity index (χ0) is 24.1. The topological polar surface area (TPSA) is 156 Å². The molecule has 4 aromatic rings. The van der Waals surface area contributed by atoms with Crippen LogP contribution >= 0.6 is 0 Å². The Bertz CT molecular complexity index is 1330. The summed E-state index contributed by atoms with van der Waals surface area (Å²) in [7, 11) is 1.57. The van der Waals surface area contributed by atoms with Crippen molar-refractivity contribution in [3.05, 3.63) is 59.8 Å². The van der Waals surface area contributed by atoms with Crippen LogP contribution in [0.1, 0.15) is 29.9 Å². The van der Waals surface area contributed by atoms with E-state index in [4.69, 9.17) is 19.8 Å². The van der Waals surface area contributed by atoms with Gasteiger partial charge in [-0.15, -0.1) is 5.10 Å². The number of rotatable bonds is 8. The number of benzene rings is 2. The average Bonchev–Trinajstić information content (AvgIpc) is 3.49. The van der Waals surface area contributed by atoms with Gasteiger partial charge in [-0.05, 0) is 60.6 Å². The van der Waals surface area contributed by atoms with Gasteiger partial charge in [0.25, 0.3) is 5.91 Å². The second-order valence-electron chi connectivity index (χ2n) is 6.97. The number of amides is 1.